The highest BCUT2D eigenvalue weighted by Crippen LogP contribution is 2.55. The Kier molecular flexibility index (Phi) is 16.5. The molecule has 0 spiro atoms. The Bertz CT molecular complexity index is 376. The van der Waals surface area contributed by atoms with Crippen LogP contribution in [0.15, 0.2) is 0 Å². The van der Waals surface area contributed by atoms with Gasteiger partial charge in [0.25, 0.3) is 0 Å². The van der Waals surface area contributed by atoms with E-state index in [-0.39, 0.29) is 13.2 Å². The van der Waals surface area contributed by atoms with Gasteiger partial charge in [-0.1, -0.05) is 71.6 Å². The van der Waals surface area contributed by atoms with Crippen molar-refractivity contribution in [2.24, 2.45) is 0 Å². The number of esters is 1. The zero-order valence-corrected chi connectivity index (χ0v) is 18.4. The van der Waals surface area contributed by atoms with E-state index >= 15 is 0 Å². The maximum absolute atomic E-state index is 13.1. The van der Waals surface area contributed by atoms with Crippen LogP contribution in [0.25, 0.3) is 0 Å². The molecule has 0 N–H and O–H groups in total. The Morgan fingerprint density at radius 3 is 1.77 bits per heavy atom. The summed E-state index contributed by atoms with van der Waals surface area (Å²) in [5.74, 6) is -0.438. The fourth-order valence-electron chi connectivity index (χ4n) is 2.87. The van der Waals surface area contributed by atoms with Crippen molar-refractivity contribution in [1.29, 1.82) is 0 Å². The fourth-order valence-corrected chi connectivity index (χ4v) is 4.85. The van der Waals surface area contributed by atoms with Gasteiger partial charge in [0.1, 0.15) is 0 Å². The summed E-state index contributed by atoms with van der Waals surface area (Å²) in [6.07, 6.45) is 11.6. The highest BCUT2D eigenvalue weighted by molar-refractivity contribution is 7.55. The van der Waals surface area contributed by atoms with Crippen LogP contribution < -0.4 is 0 Å². The zero-order valence-electron chi connectivity index (χ0n) is 17.5. The number of rotatable bonds is 18. The maximum atomic E-state index is 13.1. The molecule has 0 aromatic rings. The molecule has 0 aliphatic carbocycles. The third-order valence-corrected chi connectivity index (χ3v) is 6.81. The summed E-state index contributed by atoms with van der Waals surface area (Å²) < 4.78 is 29.2. The summed E-state index contributed by atoms with van der Waals surface area (Å²) in [7, 11) is -3.48. The van der Waals surface area contributed by atoms with Crippen molar-refractivity contribution in [3.8, 4) is 0 Å². The maximum Gasteiger partial charge on any atom is 0.344 e. The molecule has 6 heteroatoms. The van der Waals surface area contributed by atoms with Gasteiger partial charge in [0, 0.05) is 0 Å². The predicted molar refractivity (Wildman–Crippen MR) is 108 cm³/mol. The average Bonchev–Trinajstić information content (AvgIpc) is 2.60. The third-order valence-electron chi connectivity index (χ3n) is 4.35. The minimum absolute atomic E-state index is 0.257. The lowest BCUT2D eigenvalue weighted by atomic mass is 10.1. The first-order chi connectivity index (χ1) is 12.6. The standard InChI is InChI=1S/C20H41O5P/c1-5-9-11-12-13-14-15-16-17-19(20(21)23-18-10-6-2)26(22,24-7-3)25-8-4/h19H,5-18H2,1-4H3/t19-/m1/s1. The molecule has 156 valence electrons. The molecule has 0 radical (unpaired) electrons. The van der Waals surface area contributed by atoms with E-state index in [9.17, 15) is 9.36 Å². The number of hydrogen-bond donors (Lipinski definition) is 0. The molecule has 0 aromatic heterocycles. The lowest BCUT2D eigenvalue weighted by Gasteiger charge is -2.25. The summed E-state index contributed by atoms with van der Waals surface area (Å²) in [5.41, 5.74) is -0.806. The number of hydrogen-bond acceptors (Lipinski definition) is 5. The van der Waals surface area contributed by atoms with E-state index in [1.54, 1.807) is 13.8 Å². The molecule has 5 nitrogen and oxygen atoms in total. The number of unbranched alkanes of at least 4 members (excludes halogenated alkanes) is 8. The minimum Gasteiger partial charge on any atom is -0.465 e. The van der Waals surface area contributed by atoms with Gasteiger partial charge < -0.3 is 13.8 Å². The SMILES string of the molecule is CCCCCCCCCC[C@H](C(=O)OCCCC)P(=O)(OCC)OCC. The van der Waals surface area contributed by atoms with Crippen molar-refractivity contribution in [1.82, 2.24) is 0 Å². The first kappa shape index (κ1) is 25.6. The first-order valence-corrected chi connectivity index (χ1v) is 12.2. The van der Waals surface area contributed by atoms with E-state index in [2.05, 4.69) is 6.92 Å². The van der Waals surface area contributed by atoms with Crippen molar-refractivity contribution in [3.05, 3.63) is 0 Å². The Labute approximate surface area is 161 Å². The molecule has 0 saturated carbocycles. The Hall–Kier alpha value is -0.380. The van der Waals surface area contributed by atoms with Gasteiger partial charge >= 0.3 is 13.6 Å². The molecule has 0 rings (SSSR count). The topological polar surface area (TPSA) is 61.8 Å². The second kappa shape index (κ2) is 16.8. The molecular formula is C20H41O5P. The summed E-state index contributed by atoms with van der Waals surface area (Å²) >= 11 is 0. The van der Waals surface area contributed by atoms with E-state index in [1.807, 2.05) is 6.92 Å². The Morgan fingerprint density at radius 2 is 1.27 bits per heavy atom. The van der Waals surface area contributed by atoms with Crippen LogP contribution >= 0.6 is 7.60 Å². The second-order valence-corrected chi connectivity index (χ2v) is 8.90. The van der Waals surface area contributed by atoms with E-state index in [1.165, 1.54) is 32.1 Å². The van der Waals surface area contributed by atoms with Crippen molar-refractivity contribution >= 4 is 13.6 Å². The first-order valence-electron chi connectivity index (χ1n) is 10.6. The van der Waals surface area contributed by atoms with Gasteiger partial charge in [0.05, 0.1) is 19.8 Å². The largest absolute Gasteiger partial charge is 0.465 e. The van der Waals surface area contributed by atoms with Crippen LogP contribution in [-0.2, 0) is 23.1 Å². The van der Waals surface area contributed by atoms with Crippen LogP contribution in [-0.4, -0.2) is 31.4 Å². The molecule has 0 aliphatic rings. The second-order valence-electron chi connectivity index (χ2n) is 6.68. The van der Waals surface area contributed by atoms with Gasteiger partial charge in [-0.3, -0.25) is 9.36 Å². The highest BCUT2D eigenvalue weighted by Gasteiger charge is 2.41. The molecular weight excluding hydrogens is 351 g/mol. The lowest BCUT2D eigenvalue weighted by molar-refractivity contribution is -0.143. The smallest absolute Gasteiger partial charge is 0.344 e. The summed E-state index contributed by atoms with van der Waals surface area (Å²) in [6, 6.07) is 0. The van der Waals surface area contributed by atoms with Gasteiger partial charge in [-0.15, -0.1) is 0 Å². The molecule has 0 saturated heterocycles. The number of carbonyl (C=O) groups is 1. The Balaban J connectivity index is 4.57. The molecule has 0 unspecified atom stereocenters. The average molecular weight is 393 g/mol. The molecule has 0 aliphatic heterocycles. The predicted octanol–water partition coefficient (Wildman–Crippen LogP) is 6.50. The summed E-state index contributed by atoms with van der Waals surface area (Å²) in [6.45, 7) is 8.66. The number of carbonyl (C=O) groups excluding carboxylic acids is 1. The van der Waals surface area contributed by atoms with E-state index in [0.717, 1.165) is 32.1 Å². The van der Waals surface area contributed by atoms with E-state index < -0.39 is 19.2 Å². The van der Waals surface area contributed by atoms with Gasteiger partial charge in [0.15, 0.2) is 5.66 Å². The van der Waals surface area contributed by atoms with E-state index in [0.29, 0.717) is 13.0 Å². The third kappa shape index (κ3) is 11.4. The summed E-state index contributed by atoms with van der Waals surface area (Å²) in [4.78, 5) is 12.5. The lowest BCUT2D eigenvalue weighted by Crippen LogP contribution is -2.26. The van der Waals surface area contributed by atoms with Gasteiger partial charge in [-0.05, 0) is 26.7 Å². The normalized spacial score (nSPS) is 12.9. The minimum atomic E-state index is -3.48. The van der Waals surface area contributed by atoms with Crippen LogP contribution in [0, 0.1) is 0 Å². The van der Waals surface area contributed by atoms with Crippen molar-refractivity contribution in [2.75, 3.05) is 19.8 Å². The van der Waals surface area contributed by atoms with E-state index in [4.69, 9.17) is 13.8 Å². The molecule has 0 heterocycles. The molecule has 26 heavy (non-hydrogen) atoms. The van der Waals surface area contributed by atoms with Crippen LogP contribution in [0.2, 0.25) is 0 Å². The van der Waals surface area contributed by atoms with Crippen molar-refractivity contribution in [3.63, 3.8) is 0 Å². The quantitative estimate of drug-likeness (QED) is 0.151. The van der Waals surface area contributed by atoms with Gasteiger partial charge in [0.2, 0.25) is 0 Å². The van der Waals surface area contributed by atoms with Crippen molar-refractivity contribution in [2.45, 2.75) is 104 Å². The molecule has 0 bridgehead atoms. The van der Waals surface area contributed by atoms with Gasteiger partial charge in [-0.2, -0.15) is 0 Å². The Morgan fingerprint density at radius 1 is 0.769 bits per heavy atom. The fraction of sp³-hybridized carbons (Fsp3) is 0.950. The van der Waals surface area contributed by atoms with Crippen molar-refractivity contribution < 1.29 is 23.1 Å². The molecule has 1 atom stereocenters. The van der Waals surface area contributed by atoms with Gasteiger partial charge in [-0.25, -0.2) is 0 Å². The van der Waals surface area contributed by atoms with Crippen LogP contribution in [0.5, 0.6) is 0 Å². The van der Waals surface area contributed by atoms with Crippen LogP contribution in [0.3, 0.4) is 0 Å². The monoisotopic (exact) mass is 392 g/mol. The van der Waals surface area contributed by atoms with Crippen LogP contribution in [0.1, 0.15) is 98.3 Å². The number of ether oxygens (including phenoxy) is 1. The molecule has 0 amide bonds. The zero-order chi connectivity index (χ0) is 19.7. The summed E-state index contributed by atoms with van der Waals surface area (Å²) in [5, 5.41) is 0. The van der Waals surface area contributed by atoms with Crippen LogP contribution in [0.4, 0.5) is 0 Å². The highest BCUT2D eigenvalue weighted by atomic mass is 31.2. The molecule has 0 fully saturated rings. The molecule has 0 aromatic carbocycles.